The van der Waals surface area contributed by atoms with E-state index in [0.717, 1.165) is 23.9 Å². The SMILES string of the molecule is CC1(C)C[C@@H]2C[C@@](C)(CN2C(=O)COC(=O)Cn2[nH]c(=O)c3ccccc3c2=O)C1. The third kappa shape index (κ3) is 3.78. The van der Waals surface area contributed by atoms with Crippen LogP contribution in [0.25, 0.3) is 10.8 Å². The van der Waals surface area contributed by atoms with E-state index in [2.05, 4.69) is 25.9 Å². The van der Waals surface area contributed by atoms with Crippen molar-refractivity contribution in [1.82, 2.24) is 14.7 Å². The van der Waals surface area contributed by atoms with Gasteiger partial charge in [-0.15, -0.1) is 0 Å². The summed E-state index contributed by atoms with van der Waals surface area (Å²) in [7, 11) is 0. The quantitative estimate of drug-likeness (QED) is 0.768. The molecule has 2 aliphatic rings. The van der Waals surface area contributed by atoms with Gasteiger partial charge in [0.1, 0.15) is 6.54 Å². The third-order valence-electron chi connectivity index (χ3n) is 6.26. The number of aromatic amines is 1. The number of likely N-dealkylation sites (tertiary alicyclic amines) is 1. The maximum Gasteiger partial charge on any atom is 0.328 e. The Morgan fingerprint density at radius 3 is 2.57 bits per heavy atom. The molecular formula is C22H27N3O5. The van der Waals surface area contributed by atoms with E-state index in [0.29, 0.717) is 6.54 Å². The van der Waals surface area contributed by atoms with E-state index in [4.69, 9.17) is 4.74 Å². The second-order valence-corrected chi connectivity index (χ2v) is 9.77. The summed E-state index contributed by atoms with van der Waals surface area (Å²) in [6, 6.07) is 6.56. The molecular weight excluding hydrogens is 386 g/mol. The van der Waals surface area contributed by atoms with Gasteiger partial charge in [-0.25, -0.2) is 4.68 Å². The van der Waals surface area contributed by atoms with E-state index in [1.807, 2.05) is 4.90 Å². The minimum atomic E-state index is -0.745. The van der Waals surface area contributed by atoms with Crippen molar-refractivity contribution < 1.29 is 14.3 Å². The van der Waals surface area contributed by atoms with Crippen molar-refractivity contribution >= 4 is 22.6 Å². The van der Waals surface area contributed by atoms with E-state index in [1.165, 1.54) is 6.07 Å². The van der Waals surface area contributed by atoms with Crippen LogP contribution < -0.4 is 11.1 Å². The van der Waals surface area contributed by atoms with Crippen LogP contribution in [0.5, 0.6) is 0 Å². The second-order valence-electron chi connectivity index (χ2n) is 9.77. The highest BCUT2D eigenvalue weighted by Crippen LogP contribution is 2.52. The molecule has 0 unspecified atom stereocenters. The van der Waals surface area contributed by atoms with Crippen molar-refractivity contribution in [2.45, 2.75) is 52.6 Å². The molecule has 1 aliphatic carbocycles. The molecule has 2 aromatic rings. The predicted octanol–water partition coefficient (Wildman–Crippen LogP) is 1.66. The fraction of sp³-hybridized carbons (Fsp3) is 0.545. The lowest BCUT2D eigenvalue weighted by atomic mass is 9.65. The Hall–Kier alpha value is -2.90. The molecule has 1 aliphatic heterocycles. The van der Waals surface area contributed by atoms with Gasteiger partial charge in [0.25, 0.3) is 17.0 Å². The Kier molecular flexibility index (Phi) is 4.83. The van der Waals surface area contributed by atoms with E-state index in [1.54, 1.807) is 18.2 Å². The summed E-state index contributed by atoms with van der Waals surface area (Å²) < 4.78 is 6.07. The summed E-state index contributed by atoms with van der Waals surface area (Å²) in [4.78, 5) is 51.4. The molecule has 8 nitrogen and oxygen atoms in total. The summed E-state index contributed by atoms with van der Waals surface area (Å²) in [5.41, 5.74) is -0.664. The van der Waals surface area contributed by atoms with Crippen molar-refractivity contribution in [3.8, 4) is 0 Å². The molecule has 1 amide bonds. The average Bonchev–Trinajstić information content (AvgIpc) is 2.92. The Labute approximate surface area is 173 Å². The fourth-order valence-corrected chi connectivity index (χ4v) is 5.51. The van der Waals surface area contributed by atoms with Gasteiger partial charge in [-0.3, -0.25) is 24.3 Å². The van der Waals surface area contributed by atoms with Crippen molar-refractivity contribution in [3.63, 3.8) is 0 Å². The molecule has 2 bridgehead atoms. The summed E-state index contributed by atoms with van der Waals surface area (Å²) in [5, 5.41) is 2.88. The standard InChI is InChI=1S/C22H27N3O5/c1-21(2)8-14-9-22(3,12-21)13-24(14)17(26)11-30-18(27)10-25-20(29)16-7-5-4-6-15(16)19(28)23-25/h4-7,14H,8-13H2,1-3H3,(H,23,28)/t14-,22-/m1/s1. The molecule has 4 rings (SSSR count). The van der Waals surface area contributed by atoms with Crippen molar-refractivity contribution in [2.75, 3.05) is 13.2 Å². The number of amides is 1. The zero-order valence-electron chi connectivity index (χ0n) is 17.6. The van der Waals surface area contributed by atoms with E-state index >= 15 is 0 Å². The first-order valence-corrected chi connectivity index (χ1v) is 10.2. The van der Waals surface area contributed by atoms with Crippen LogP contribution in [0.3, 0.4) is 0 Å². The van der Waals surface area contributed by atoms with E-state index in [9.17, 15) is 19.2 Å². The van der Waals surface area contributed by atoms with Gasteiger partial charge in [0.05, 0.1) is 10.8 Å². The largest absolute Gasteiger partial charge is 0.454 e. The fourth-order valence-electron chi connectivity index (χ4n) is 5.51. The molecule has 160 valence electrons. The van der Waals surface area contributed by atoms with Gasteiger partial charge in [0.15, 0.2) is 6.61 Å². The summed E-state index contributed by atoms with van der Waals surface area (Å²) in [6.45, 7) is 6.53. The first kappa shape index (κ1) is 20.4. The normalized spacial score (nSPS) is 24.8. The molecule has 1 N–H and O–H groups in total. The zero-order chi connectivity index (χ0) is 21.7. The molecule has 30 heavy (non-hydrogen) atoms. The number of ether oxygens (including phenoxy) is 1. The maximum absolute atomic E-state index is 12.7. The zero-order valence-corrected chi connectivity index (χ0v) is 17.6. The minimum absolute atomic E-state index is 0.101. The Morgan fingerprint density at radius 1 is 1.13 bits per heavy atom. The Morgan fingerprint density at radius 2 is 1.83 bits per heavy atom. The summed E-state index contributed by atoms with van der Waals surface area (Å²) in [5.74, 6) is -0.959. The van der Waals surface area contributed by atoms with Gasteiger partial charge >= 0.3 is 5.97 Å². The topological polar surface area (TPSA) is 101 Å². The molecule has 1 saturated carbocycles. The third-order valence-corrected chi connectivity index (χ3v) is 6.26. The average molecular weight is 413 g/mol. The smallest absolute Gasteiger partial charge is 0.328 e. The molecule has 8 heteroatoms. The van der Waals surface area contributed by atoms with Gasteiger partial charge in [-0.1, -0.05) is 32.9 Å². The molecule has 2 heterocycles. The first-order valence-electron chi connectivity index (χ1n) is 10.2. The number of nitrogens with one attached hydrogen (secondary N) is 1. The van der Waals surface area contributed by atoms with E-state index < -0.39 is 23.6 Å². The van der Waals surface area contributed by atoms with Crippen molar-refractivity contribution in [3.05, 3.63) is 45.0 Å². The number of hydrogen-bond acceptors (Lipinski definition) is 5. The number of carbonyl (C=O) groups is 2. The summed E-state index contributed by atoms with van der Waals surface area (Å²) >= 11 is 0. The number of carbonyl (C=O) groups excluding carboxylic acids is 2. The van der Waals surface area contributed by atoms with E-state index in [-0.39, 0.29) is 40.2 Å². The molecule has 0 spiro atoms. The van der Waals surface area contributed by atoms with Crippen LogP contribution in [-0.2, 0) is 20.9 Å². The van der Waals surface area contributed by atoms with Crippen LogP contribution in [0.15, 0.2) is 33.9 Å². The van der Waals surface area contributed by atoms with Crippen LogP contribution >= 0.6 is 0 Å². The number of hydrogen-bond donors (Lipinski definition) is 1. The van der Waals surface area contributed by atoms with Crippen LogP contribution in [0, 0.1) is 10.8 Å². The number of aromatic nitrogens is 2. The number of H-pyrrole nitrogens is 1. The lowest BCUT2D eigenvalue weighted by molar-refractivity contribution is -0.153. The molecule has 1 aromatic heterocycles. The summed E-state index contributed by atoms with van der Waals surface area (Å²) in [6.07, 6.45) is 2.98. The number of rotatable bonds is 4. The highest BCUT2D eigenvalue weighted by molar-refractivity contribution is 5.82. The Bertz CT molecular complexity index is 1130. The Balaban J connectivity index is 1.41. The highest BCUT2D eigenvalue weighted by Gasteiger charge is 2.50. The number of esters is 1. The molecule has 2 fully saturated rings. The molecule has 0 radical (unpaired) electrons. The van der Waals surface area contributed by atoms with Gasteiger partial charge in [0, 0.05) is 12.6 Å². The van der Waals surface area contributed by atoms with Crippen LogP contribution in [0.1, 0.15) is 40.0 Å². The maximum atomic E-state index is 12.7. The van der Waals surface area contributed by atoms with Gasteiger partial charge < -0.3 is 9.64 Å². The number of benzene rings is 1. The minimum Gasteiger partial charge on any atom is -0.454 e. The number of fused-ring (bicyclic) bond motifs is 3. The molecule has 2 atom stereocenters. The van der Waals surface area contributed by atoms with Gasteiger partial charge in [-0.2, -0.15) is 0 Å². The first-order chi connectivity index (χ1) is 14.1. The molecule has 1 saturated heterocycles. The van der Waals surface area contributed by atoms with Crippen LogP contribution in [0.4, 0.5) is 0 Å². The monoisotopic (exact) mass is 413 g/mol. The van der Waals surface area contributed by atoms with Crippen LogP contribution in [0.2, 0.25) is 0 Å². The molecule has 1 aromatic carbocycles. The lowest BCUT2D eigenvalue weighted by Gasteiger charge is -2.39. The lowest BCUT2D eigenvalue weighted by Crippen LogP contribution is -2.40. The van der Waals surface area contributed by atoms with Crippen molar-refractivity contribution in [1.29, 1.82) is 0 Å². The predicted molar refractivity (Wildman–Crippen MR) is 111 cm³/mol. The van der Waals surface area contributed by atoms with Crippen LogP contribution in [-0.4, -0.2) is 45.8 Å². The number of nitrogens with zero attached hydrogens (tertiary/aromatic N) is 2. The second kappa shape index (κ2) is 7.11. The van der Waals surface area contributed by atoms with Gasteiger partial charge in [-0.05, 0) is 42.2 Å². The van der Waals surface area contributed by atoms with Gasteiger partial charge in [0.2, 0.25) is 0 Å². The highest BCUT2D eigenvalue weighted by atomic mass is 16.5. The van der Waals surface area contributed by atoms with Crippen molar-refractivity contribution in [2.24, 2.45) is 10.8 Å².